The lowest BCUT2D eigenvalue weighted by Gasteiger charge is -2.17. The Kier molecular flexibility index (Phi) is 6.89. The van der Waals surface area contributed by atoms with E-state index in [-0.39, 0.29) is 0 Å². The van der Waals surface area contributed by atoms with E-state index < -0.39 is 0 Å². The van der Waals surface area contributed by atoms with Gasteiger partial charge in [-0.1, -0.05) is 6.92 Å². The van der Waals surface area contributed by atoms with Gasteiger partial charge in [0.2, 0.25) is 0 Å². The van der Waals surface area contributed by atoms with Crippen LogP contribution in [-0.4, -0.2) is 36.1 Å². The summed E-state index contributed by atoms with van der Waals surface area (Å²) in [4.78, 5) is 0. The Hall–Kier alpha value is -0.390. The van der Waals surface area contributed by atoms with Gasteiger partial charge < -0.3 is 10.1 Å². The van der Waals surface area contributed by atoms with E-state index in [4.69, 9.17) is 4.74 Å². The van der Waals surface area contributed by atoms with Crippen LogP contribution < -0.4 is 5.32 Å². The molecule has 0 bridgehead atoms. The molecule has 0 saturated carbocycles. The Labute approximate surface area is 118 Å². The van der Waals surface area contributed by atoms with E-state index in [0.29, 0.717) is 6.04 Å². The summed E-state index contributed by atoms with van der Waals surface area (Å²) in [5, 5.41) is 7.82. The van der Waals surface area contributed by atoms with E-state index in [1.165, 1.54) is 5.69 Å². The number of nitrogens with zero attached hydrogens (tertiary/aromatic N) is 2. The molecule has 1 atom stereocenters. The molecular weight excluding hydrogens is 294 g/mol. The van der Waals surface area contributed by atoms with Gasteiger partial charge in [-0.15, -0.1) is 0 Å². The highest BCUT2D eigenvalue weighted by molar-refractivity contribution is 9.10. The quantitative estimate of drug-likeness (QED) is 0.749. The number of aryl methyl sites for hydroxylation is 2. The minimum Gasteiger partial charge on any atom is -0.380 e. The minimum atomic E-state index is 0.328. The second-order valence-corrected chi connectivity index (χ2v) is 5.22. The fraction of sp³-hybridized carbons (Fsp3) is 0.769. The third kappa shape index (κ3) is 4.07. The molecule has 1 unspecified atom stereocenters. The van der Waals surface area contributed by atoms with Crippen LogP contribution in [0.1, 0.15) is 31.7 Å². The highest BCUT2D eigenvalue weighted by Crippen LogP contribution is 2.22. The van der Waals surface area contributed by atoms with Gasteiger partial charge in [0, 0.05) is 25.6 Å². The summed E-state index contributed by atoms with van der Waals surface area (Å²) in [5.41, 5.74) is 2.30. The first kappa shape index (κ1) is 15.7. The molecule has 0 amide bonds. The fourth-order valence-corrected chi connectivity index (χ4v) is 2.36. The summed E-state index contributed by atoms with van der Waals surface area (Å²) in [6.45, 7) is 8.73. The number of hydrogen-bond donors (Lipinski definition) is 1. The number of aromatic nitrogens is 2. The average molecular weight is 318 g/mol. The summed E-state index contributed by atoms with van der Waals surface area (Å²) < 4.78 is 8.80. The number of nitrogens with one attached hydrogen (secondary N) is 1. The van der Waals surface area contributed by atoms with Gasteiger partial charge in [-0.3, -0.25) is 4.68 Å². The molecule has 1 aromatic heterocycles. The molecular formula is C13H24BrN3O. The topological polar surface area (TPSA) is 39.1 Å². The molecule has 0 aliphatic rings. The van der Waals surface area contributed by atoms with E-state index in [9.17, 15) is 0 Å². The van der Waals surface area contributed by atoms with Gasteiger partial charge in [0.25, 0.3) is 0 Å². The van der Waals surface area contributed by atoms with Crippen molar-refractivity contribution in [3.8, 4) is 0 Å². The molecule has 1 N–H and O–H groups in total. The minimum absolute atomic E-state index is 0.328. The maximum Gasteiger partial charge on any atom is 0.0738 e. The molecule has 0 radical (unpaired) electrons. The van der Waals surface area contributed by atoms with Crippen LogP contribution in [0.4, 0.5) is 0 Å². The molecule has 0 fully saturated rings. The normalized spacial score (nSPS) is 12.9. The Balaban J connectivity index is 2.68. The lowest BCUT2D eigenvalue weighted by atomic mass is 10.1. The molecule has 0 aromatic carbocycles. The van der Waals surface area contributed by atoms with Gasteiger partial charge in [0.05, 0.1) is 22.5 Å². The highest BCUT2D eigenvalue weighted by Gasteiger charge is 2.16. The van der Waals surface area contributed by atoms with Crippen LogP contribution >= 0.6 is 15.9 Å². The predicted molar refractivity (Wildman–Crippen MR) is 78.0 cm³/mol. The standard InChI is InChI=1S/C13H24BrN3O/c1-5-7-18-9-11(15-4)8-12-13(14)10(3)16-17(12)6-2/h11,15H,5-9H2,1-4H3. The highest BCUT2D eigenvalue weighted by atomic mass is 79.9. The van der Waals surface area contributed by atoms with E-state index in [0.717, 1.165) is 42.8 Å². The third-order valence-electron chi connectivity index (χ3n) is 2.97. The predicted octanol–water partition coefficient (Wildman–Crippen LogP) is 2.53. The zero-order valence-electron chi connectivity index (χ0n) is 11.8. The van der Waals surface area contributed by atoms with Crippen molar-refractivity contribution in [1.82, 2.24) is 15.1 Å². The van der Waals surface area contributed by atoms with Gasteiger partial charge in [-0.05, 0) is 43.2 Å². The molecule has 0 aliphatic heterocycles. The van der Waals surface area contributed by atoms with Crippen LogP contribution in [0.15, 0.2) is 4.47 Å². The van der Waals surface area contributed by atoms with E-state index in [1.54, 1.807) is 0 Å². The Morgan fingerprint density at radius 2 is 2.17 bits per heavy atom. The van der Waals surface area contributed by atoms with E-state index >= 15 is 0 Å². The van der Waals surface area contributed by atoms with Crippen LogP contribution in [0.25, 0.3) is 0 Å². The van der Waals surface area contributed by atoms with Crippen LogP contribution in [0.5, 0.6) is 0 Å². The van der Waals surface area contributed by atoms with Crippen LogP contribution in [0.3, 0.4) is 0 Å². The molecule has 104 valence electrons. The summed E-state index contributed by atoms with van der Waals surface area (Å²) in [6.07, 6.45) is 1.99. The van der Waals surface area contributed by atoms with Crippen LogP contribution in [-0.2, 0) is 17.7 Å². The SMILES string of the molecule is CCCOCC(Cc1c(Br)c(C)nn1CC)NC. The Bertz CT molecular complexity index is 365. The zero-order valence-corrected chi connectivity index (χ0v) is 13.4. The van der Waals surface area contributed by atoms with Crippen molar-refractivity contribution in [2.75, 3.05) is 20.3 Å². The average Bonchev–Trinajstić information content (AvgIpc) is 2.65. The summed E-state index contributed by atoms with van der Waals surface area (Å²) in [5.74, 6) is 0. The summed E-state index contributed by atoms with van der Waals surface area (Å²) in [7, 11) is 1.98. The van der Waals surface area contributed by atoms with Crippen LogP contribution in [0, 0.1) is 6.92 Å². The zero-order chi connectivity index (χ0) is 13.5. The molecule has 18 heavy (non-hydrogen) atoms. The number of ether oxygens (including phenoxy) is 1. The smallest absolute Gasteiger partial charge is 0.0738 e. The largest absolute Gasteiger partial charge is 0.380 e. The van der Waals surface area contributed by atoms with Crippen molar-refractivity contribution in [3.63, 3.8) is 0 Å². The van der Waals surface area contributed by atoms with Crippen molar-refractivity contribution in [3.05, 3.63) is 15.9 Å². The van der Waals surface area contributed by atoms with Gasteiger partial charge in [-0.2, -0.15) is 5.10 Å². The molecule has 0 spiro atoms. The molecule has 1 rings (SSSR count). The number of likely N-dealkylation sites (N-methyl/N-ethyl adjacent to an activating group) is 1. The second-order valence-electron chi connectivity index (χ2n) is 4.43. The van der Waals surface area contributed by atoms with Crippen molar-refractivity contribution >= 4 is 15.9 Å². The first-order valence-corrected chi connectivity index (χ1v) is 7.40. The first-order chi connectivity index (χ1) is 8.63. The van der Waals surface area contributed by atoms with Crippen LogP contribution in [0.2, 0.25) is 0 Å². The van der Waals surface area contributed by atoms with E-state index in [2.05, 4.69) is 44.9 Å². The lowest BCUT2D eigenvalue weighted by molar-refractivity contribution is 0.113. The van der Waals surface area contributed by atoms with Crippen molar-refractivity contribution in [1.29, 1.82) is 0 Å². The van der Waals surface area contributed by atoms with Gasteiger partial charge in [0.15, 0.2) is 0 Å². The van der Waals surface area contributed by atoms with Crippen molar-refractivity contribution in [2.45, 2.75) is 46.2 Å². The Morgan fingerprint density at radius 3 is 2.72 bits per heavy atom. The van der Waals surface area contributed by atoms with E-state index in [1.807, 2.05) is 14.0 Å². The van der Waals surface area contributed by atoms with Crippen molar-refractivity contribution < 1.29 is 4.74 Å². The summed E-state index contributed by atoms with van der Waals surface area (Å²) >= 11 is 3.63. The Morgan fingerprint density at radius 1 is 1.44 bits per heavy atom. The molecule has 0 aliphatic carbocycles. The molecule has 5 heteroatoms. The third-order valence-corrected chi connectivity index (χ3v) is 4.00. The van der Waals surface area contributed by atoms with Gasteiger partial charge >= 0.3 is 0 Å². The maximum absolute atomic E-state index is 5.62. The first-order valence-electron chi connectivity index (χ1n) is 6.60. The summed E-state index contributed by atoms with van der Waals surface area (Å²) in [6, 6.07) is 0.328. The molecule has 0 saturated heterocycles. The number of halogens is 1. The molecule has 1 heterocycles. The monoisotopic (exact) mass is 317 g/mol. The lowest BCUT2D eigenvalue weighted by Crippen LogP contribution is -2.33. The second kappa shape index (κ2) is 7.92. The van der Waals surface area contributed by atoms with Crippen molar-refractivity contribution in [2.24, 2.45) is 0 Å². The van der Waals surface area contributed by atoms with Gasteiger partial charge in [0.1, 0.15) is 0 Å². The maximum atomic E-state index is 5.62. The van der Waals surface area contributed by atoms with Gasteiger partial charge in [-0.25, -0.2) is 0 Å². The number of hydrogen-bond acceptors (Lipinski definition) is 3. The molecule has 1 aromatic rings. The fourth-order valence-electron chi connectivity index (χ4n) is 1.91. The molecule has 4 nitrogen and oxygen atoms in total. The number of rotatable bonds is 8.